The second-order valence-electron chi connectivity index (χ2n) is 5.04. The molecule has 1 aromatic rings. The molecule has 2 rings (SSSR count). The minimum atomic E-state index is -0.327. The van der Waals surface area contributed by atoms with Gasteiger partial charge < -0.3 is 5.32 Å². The van der Waals surface area contributed by atoms with E-state index in [2.05, 4.69) is 5.32 Å². The normalized spacial score (nSPS) is 18.8. The maximum Gasteiger partial charge on any atom is 0.146 e. The summed E-state index contributed by atoms with van der Waals surface area (Å²) in [4.78, 5) is 0. The first-order valence-electron chi connectivity index (χ1n) is 6.41. The Morgan fingerprint density at radius 1 is 1.22 bits per heavy atom. The van der Waals surface area contributed by atoms with Crippen LogP contribution in [0.4, 0.5) is 4.39 Å². The van der Waals surface area contributed by atoms with Gasteiger partial charge in [0.1, 0.15) is 5.82 Å². The first-order chi connectivity index (χ1) is 8.67. The Morgan fingerprint density at radius 2 is 1.94 bits per heavy atom. The van der Waals surface area contributed by atoms with Crippen LogP contribution in [0.5, 0.6) is 0 Å². The van der Waals surface area contributed by atoms with E-state index in [0.717, 1.165) is 12.8 Å². The highest BCUT2D eigenvalue weighted by molar-refractivity contribution is 6.30. The number of halogens is 3. The smallest absolute Gasteiger partial charge is 0.146 e. The molecule has 0 radical (unpaired) electrons. The van der Waals surface area contributed by atoms with Crippen LogP contribution < -0.4 is 5.32 Å². The summed E-state index contributed by atoms with van der Waals surface area (Å²) < 4.78 is 13.8. The van der Waals surface area contributed by atoms with E-state index < -0.39 is 0 Å². The Labute approximate surface area is 118 Å². The highest BCUT2D eigenvalue weighted by Crippen LogP contribution is 2.30. The largest absolute Gasteiger partial charge is 0.306 e. The number of nitrogens with one attached hydrogen (secondary N) is 1. The fourth-order valence-corrected chi connectivity index (χ4v) is 3.11. The molecule has 1 nitrogen and oxygen atoms in total. The van der Waals surface area contributed by atoms with E-state index in [9.17, 15) is 4.39 Å². The third-order valence-electron chi connectivity index (χ3n) is 3.75. The van der Waals surface area contributed by atoms with E-state index in [1.165, 1.54) is 19.3 Å². The molecule has 1 saturated carbocycles. The van der Waals surface area contributed by atoms with E-state index in [1.54, 1.807) is 18.2 Å². The Kier molecular flexibility index (Phi) is 4.88. The lowest BCUT2D eigenvalue weighted by Gasteiger charge is -2.36. The molecule has 1 N–H and O–H groups in total. The summed E-state index contributed by atoms with van der Waals surface area (Å²) in [5, 5.41) is 3.62. The lowest BCUT2D eigenvalue weighted by Crippen LogP contribution is -2.48. The monoisotopic (exact) mass is 289 g/mol. The van der Waals surface area contributed by atoms with Crippen molar-refractivity contribution in [1.82, 2.24) is 5.32 Å². The van der Waals surface area contributed by atoms with Crippen molar-refractivity contribution in [3.63, 3.8) is 0 Å². The zero-order chi connectivity index (χ0) is 13.0. The molecule has 1 aromatic carbocycles. The van der Waals surface area contributed by atoms with Gasteiger partial charge in [0.15, 0.2) is 0 Å². The molecule has 0 heterocycles. The average molecular weight is 290 g/mol. The molecule has 1 aliphatic rings. The fourth-order valence-electron chi connectivity index (χ4n) is 2.55. The summed E-state index contributed by atoms with van der Waals surface area (Å²) >= 11 is 11.9. The van der Waals surface area contributed by atoms with Gasteiger partial charge in [-0.05, 0) is 18.9 Å². The molecule has 0 amide bonds. The predicted octanol–water partition coefficient (Wildman–Crippen LogP) is 4.51. The third-order valence-corrected chi connectivity index (χ3v) is 4.56. The van der Waals surface area contributed by atoms with Crippen molar-refractivity contribution in [2.45, 2.75) is 44.2 Å². The number of alkyl halides is 1. The molecule has 0 aliphatic heterocycles. The number of hydrogen-bond donors (Lipinski definition) is 1. The Hall–Kier alpha value is -0.310. The molecular formula is C14H18Cl2FN. The van der Waals surface area contributed by atoms with Crippen LogP contribution in [-0.4, -0.2) is 11.4 Å². The Morgan fingerprint density at radius 3 is 2.61 bits per heavy atom. The Bertz CT molecular complexity index is 403. The van der Waals surface area contributed by atoms with Gasteiger partial charge in [-0.25, -0.2) is 4.39 Å². The van der Waals surface area contributed by atoms with Crippen LogP contribution in [0.2, 0.25) is 5.02 Å². The van der Waals surface area contributed by atoms with Crippen LogP contribution >= 0.6 is 23.2 Å². The van der Waals surface area contributed by atoms with Gasteiger partial charge in [0.25, 0.3) is 0 Å². The zero-order valence-electron chi connectivity index (χ0n) is 10.3. The summed E-state index contributed by atoms with van der Waals surface area (Å²) in [6, 6.07) is 5.11. The van der Waals surface area contributed by atoms with Gasteiger partial charge in [0.2, 0.25) is 0 Å². The summed E-state index contributed by atoms with van der Waals surface area (Å²) in [5.41, 5.74) is 0.576. The van der Waals surface area contributed by atoms with Crippen LogP contribution in [0.25, 0.3) is 0 Å². The SMILES string of the molecule is Fc1c(Cl)cccc1CNC1(CCl)CCCCC1. The molecule has 0 saturated heterocycles. The zero-order valence-corrected chi connectivity index (χ0v) is 11.8. The summed E-state index contributed by atoms with van der Waals surface area (Å²) in [6.45, 7) is 0.485. The number of hydrogen-bond acceptors (Lipinski definition) is 1. The first kappa shape index (κ1) is 14.1. The highest BCUT2D eigenvalue weighted by Gasteiger charge is 2.30. The van der Waals surface area contributed by atoms with Crippen LogP contribution in [0.15, 0.2) is 18.2 Å². The molecule has 4 heteroatoms. The molecule has 0 atom stereocenters. The average Bonchev–Trinajstić information content (AvgIpc) is 2.41. The van der Waals surface area contributed by atoms with Crippen molar-refractivity contribution in [3.8, 4) is 0 Å². The molecule has 0 spiro atoms. The lowest BCUT2D eigenvalue weighted by molar-refractivity contribution is 0.255. The fraction of sp³-hybridized carbons (Fsp3) is 0.571. The van der Waals surface area contributed by atoms with Gasteiger partial charge in [0, 0.05) is 23.5 Å². The van der Waals surface area contributed by atoms with E-state index in [4.69, 9.17) is 23.2 Å². The minimum Gasteiger partial charge on any atom is -0.306 e. The molecule has 100 valence electrons. The van der Waals surface area contributed by atoms with Crippen molar-refractivity contribution in [3.05, 3.63) is 34.6 Å². The third kappa shape index (κ3) is 3.17. The molecule has 0 unspecified atom stereocenters. The van der Waals surface area contributed by atoms with E-state index in [-0.39, 0.29) is 16.4 Å². The van der Waals surface area contributed by atoms with Crippen molar-refractivity contribution >= 4 is 23.2 Å². The predicted molar refractivity (Wildman–Crippen MR) is 74.8 cm³/mol. The van der Waals surface area contributed by atoms with Crippen LogP contribution in [0.1, 0.15) is 37.7 Å². The van der Waals surface area contributed by atoms with Gasteiger partial charge in [-0.3, -0.25) is 0 Å². The number of rotatable bonds is 4. The van der Waals surface area contributed by atoms with Crippen molar-refractivity contribution in [1.29, 1.82) is 0 Å². The summed E-state index contributed by atoms with van der Waals surface area (Å²) in [7, 11) is 0. The van der Waals surface area contributed by atoms with E-state index in [1.807, 2.05) is 0 Å². The topological polar surface area (TPSA) is 12.0 Å². The first-order valence-corrected chi connectivity index (χ1v) is 7.32. The molecule has 0 aromatic heterocycles. The van der Waals surface area contributed by atoms with Gasteiger partial charge in [-0.2, -0.15) is 0 Å². The van der Waals surface area contributed by atoms with E-state index >= 15 is 0 Å². The van der Waals surface area contributed by atoms with Gasteiger partial charge in [-0.1, -0.05) is 43.0 Å². The van der Waals surface area contributed by atoms with Gasteiger partial charge in [0.05, 0.1) is 5.02 Å². The lowest BCUT2D eigenvalue weighted by atomic mass is 9.83. The van der Waals surface area contributed by atoms with Crippen molar-refractivity contribution in [2.75, 3.05) is 5.88 Å². The van der Waals surface area contributed by atoms with Crippen molar-refractivity contribution < 1.29 is 4.39 Å². The maximum atomic E-state index is 13.8. The van der Waals surface area contributed by atoms with Gasteiger partial charge in [-0.15, -0.1) is 11.6 Å². The maximum absolute atomic E-state index is 13.8. The highest BCUT2D eigenvalue weighted by atomic mass is 35.5. The number of benzene rings is 1. The second kappa shape index (κ2) is 6.23. The van der Waals surface area contributed by atoms with Crippen LogP contribution in [0.3, 0.4) is 0 Å². The van der Waals surface area contributed by atoms with Crippen molar-refractivity contribution in [2.24, 2.45) is 0 Å². The van der Waals surface area contributed by atoms with E-state index in [0.29, 0.717) is 18.0 Å². The van der Waals surface area contributed by atoms with Gasteiger partial charge >= 0.3 is 0 Å². The standard InChI is InChI=1S/C14H18Cl2FN/c15-10-14(7-2-1-3-8-14)18-9-11-5-4-6-12(16)13(11)17/h4-6,18H,1-3,7-10H2. The second-order valence-corrected chi connectivity index (χ2v) is 5.72. The summed E-state index contributed by atoms with van der Waals surface area (Å²) in [6.07, 6.45) is 5.79. The minimum absolute atomic E-state index is 0.0332. The molecule has 18 heavy (non-hydrogen) atoms. The molecule has 0 bridgehead atoms. The Balaban J connectivity index is 2.03. The molecule has 1 aliphatic carbocycles. The summed E-state index contributed by atoms with van der Waals surface area (Å²) in [5.74, 6) is 0.252. The van der Waals surface area contributed by atoms with Crippen LogP contribution in [0, 0.1) is 5.82 Å². The molecule has 1 fully saturated rings. The quantitative estimate of drug-likeness (QED) is 0.804. The van der Waals surface area contributed by atoms with Crippen LogP contribution in [-0.2, 0) is 6.54 Å². The molecular weight excluding hydrogens is 272 g/mol.